The lowest BCUT2D eigenvalue weighted by molar-refractivity contribution is -0.131. The van der Waals surface area contributed by atoms with Gasteiger partial charge in [-0.15, -0.1) is 0 Å². The number of aliphatic carboxylic acids is 1. The molecule has 3 rings (SSSR count). The number of pyridine rings is 1. The predicted molar refractivity (Wildman–Crippen MR) is 84.0 cm³/mol. The van der Waals surface area contributed by atoms with Crippen molar-refractivity contribution in [2.75, 3.05) is 21.3 Å². The molecule has 6 heteroatoms. The third-order valence-corrected chi connectivity index (χ3v) is 3.72. The molecule has 1 aliphatic rings. The Morgan fingerprint density at radius 3 is 2.48 bits per heavy atom. The van der Waals surface area contributed by atoms with Gasteiger partial charge in [0.1, 0.15) is 0 Å². The number of ether oxygens (including phenoxy) is 3. The fraction of sp³-hybridized carbons (Fsp3) is 0.176. The van der Waals surface area contributed by atoms with Gasteiger partial charge in [0.25, 0.3) is 0 Å². The van der Waals surface area contributed by atoms with Crippen molar-refractivity contribution in [3.63, 3.8) is 0 Å². The molecular formula is C17H15NO5. The lowest BCUT2D eigenvalue weighted by Crippen LogP contribution is -1.98. The number of carboxylic acid groups (broad SMARTS) is 1. The lowest BCUT2D eigenvalue weighted by atomic mass is 10.0. The van der Waals surface area contributed by atoms with Crippen LogP contribution in [0.2, 0.25) is 0 Å². The molecule has 6 nitrogen and oxygen atoms in total. The van der Waals surface area contributed by atoms with Crippen molar-refractivity contribution < 1.29 is 24.1 Å². The second kappa shape index (κ2) is 5.64. The van der Waals surface area contributed by atoms with E-state index in [-0.39, 0.29) is 0 Å². The van der Waals surface area contributed by atoms with Crippen molar-refractivity contribution in [3.8, 4) is 28.5 Å². The Balaban J connectivity index is 2.43. The van der Waals surface area contributed by atoms with Gasteiger partial charge in [-0.25, -0.2) is 4.79 Å². The van der Waals surface area contributed by atoms with E-state index in [2.05, 4.69) is 4.98 Å². The number of hydrogen-bond donors (Lipinski definition) is 1. The molecule has 0 bridgehead atoms. The van der Waals surface area contributed by atoms with E-state index < -0.39 is 5.97 Å². The first-order valence-corrected chi connectivity index (χ1v) is 6.86. The number of hydrogen-bond acceptors (Lipinski definition) is 5. The maximum Gasteiger partial charge on any atom is 0.328 e. The Morgan fingerprint density at radius 2 is 1.87 bits per heavy atom. The summed E-state index contributed by atoms with van der Waals surface area (Å²) in [7, 11) is 4.57. The third-order valence-electron chi connectivity index (χ3n) is 3.72. The largest absolute Gasteiger partial charge is 0.493 e. The molecule has 0 atom stereocenters. The minimum atomic E-state index is -1.03. The zero-order valence-corrected chi connectivity index (χ0v) is 12.9. The molecule has 1 N–H and O–H groups in total. The molecule has 0 unspecified atom stereocenters. The summed E-state index contributed by atoms with van der Waals surface area (Å²) in [6, 6.07) is 5.34. The maximum atomic E-state index is 11.2. The average Bonchev–Trinajstić information content (AvgIpc) is 2.86. The number of fused-ring (bicyclic) bond motifs is 3. The van der Waals surface area contributed by atoms with Crippen LogP contribution in [0, 0.1) is 0 Å². The zero-order valence-electron chi connectivity index (χ0n) is 12.9. The highest BCUT2D eigenvalue weighted by atomic mass is 16.5. The third kappa shape index (κ3) is 2.19. The fourth-order valence-electron chi connectivity index (χ4n) is 2.85. The molecule has 0 saturated heterocycles. The molecule has 1 heterocycles. The highest BCUT2D eigenvalue weighted by Gasteiger charge is 2.32. The Morgan fingerprint density at radius 1 is 1.13 bits per heavy atom. The van der Waals surface area contributed by atoms with Gasteiger partial charge in [-0.05, 0) is 23.3 Å². The summed E-state index contributed by atoms with van der Waals surface area (Å²) >= 11 is 0. The first kappa shape index (κ1) is 14.9. The smallest absolute Gasteiger partial charge is 0.328 e. The van der Waals surface area contributed by atoms with Gasteiger partial charge in [-0.2, -0.15) is 0 Å². The molecule has 0 aliphatic heterocycles. The Hall–Kier alpha value is -3.02. The van der Waals surface area contributed by atoms with Crippen LogP contribution in [0.3, 0.4) is 0 Å². The molecule has 0 radical (unpaired) electrons. The van der Waals surface area contributed by atoms with E-state index in [1.165, 1.54) is 21.3 Å². The Bertz CT molecular complexity index is 826. The molecule has 118 valence electrons. The van der Waals surface area contributed by atoms with Crippen LogP contribution < -0.4 is 14.2 Å². The van der Waals surface area contributed by atoms with Crippen LogP contribution in [0.25, 0.3) is 16.8 Å². The van der Waals surface area contributed by atoms with E-state index in [1.54, 1.807) is 18.3 Å². The number of nitrogens with zero attached hydrogens (tertiary/aromatic N) is 1. The van der Waals surface area contributed by atoms with Gasteiger partial charge < -0.3 is 19.3 Å². The second-order valence-corrected chi connectivity index (χ2v) is 4.86. The minimum Gasteiger partial charge on any atom is -0.493 e. The summed E-state index contributed by atoms with van der Waals surface area (Å²) in [5.41, 5.74) is 3.35. The van der Waals surface area contributed by atoms with E-state index in [9.17, 15) is 9.90 Å². The van der Waals surface area contributed by atoms with Crippen molar-refractivity contribution in [1.29, 1.82) is 0 Å². The van der Waals surface area contributed by atoms with Crippen LogP contribution in [0.4, 0.5) is 0 Å². The van der Waals surface area contributed by atoms with E-state index in [4.69, 9.17) is 14.2 Å². The van der Waals surface area contributed by atoms with Crippen molar-refractivity contribution in [1.82, 2.24) is 4.98 Å². The average molecular weight is 313 g/mol. The first-order valence-electron chi connectivity index (χ1n) is 6.86. The summed E-state index contributed by atoms with van der Waals surface area (Å²) in [5.74, 6) is 0.348. The number of carbonyl (C=O) groups is 1. The highest BCUT2D eigenvalue weighted by Crippen LogP contribution is 2.54. The van der Waals surface area contributed by atoms with Crippen LogP contribution in [0.15, 0.2) is 30.5 Å². The Kier molecular flexibility index (Phi) is 3.65. The van der Waals surface area contributed by atoms with E-state index >= 15 is 0 Å². The van der Waals surface area contributed by atoms with Crippen molar-refractivity contribution in [3.05, 3.63) is 41.6 Å². The summed E-state index contributed by atoms with van der Waals surface area (Å²) in [6.45, 7) is 0. The van der Waals surface area contributed by atoms with Crippen molar-refractivity contribution in [2.24, 2.45) is 0 Å². The van der Waals surface area contributed by atoms with Gasteiger partial charge in [-0.1, -0.05) is 6.07 Å². The number of methoxy groups -OCH3 is 3. The summed E-state index contributed by atoms with van der Waals surface area (Å²) < 4.78 is 16.3. The van der Waals surface area contributed by atoms with Gasteiger partial charge in [0.05, 0.1) is 32.6 Å². The number of rotatable bonds is 4. The molecular weight excluding hydrogens is 298 g/mol. The molecule has 1 aliphatic carbocycles. The predicted octanol–water partition coefficient (Wildman–Crippen LogP) is 2.60. The van der Waals surface area contributed by atoms with Crippen molar-refractivity contribution in [2.45, 2.75) is 0 Å². The van der Waals surface area contributed by atoms with E-state index in [1.807, 2.05) is 6.07 Å². The number of carboxylic acids is 1. The van der Waals surface area contributed by atoms with Crippen molar-refractivity contribution >= 4 is 11.5 Å². The van der Waals surface area contributed by atoms with E-state index in [0.29, 0.717) is 39.6 Å². The van der Waals surface area contributed by atoms with Gasteiger partial charge in [0.2, 0.25) is 5.75 Å². The summed E-state index contributed by atoms with van der Waals surface area (Å²) in [6.07, 6.45) is 2.82. The molecule has 2 aromatic rings. The SMILES string of the molecule is COc1cc2c(c(OC)c1OC)-c1ncccc1/C2=C\C(=O)O. The van der Waals surface area contributed by atoms with Crippen LogP contribution >= 0.6 is 0 Å². The van der Waals surface area contributed by atoms with Gasteiger partial charge in [0.15, 0.2) is 11.5 Å². The molecule has 0 spiro atoms. The summed E-state index contributed by atoms with van der Waals surface area (Å²) in [4.78, 5) is 15.6. The fourth-order valence-corrected chi connectivity index (χ4v) is 2.85. The minimum absolute atomic E-state index is 0.446. The normalized spacial score (nSPS) is 13.4. The molecule has 0 fully saturated rings. The highest BCUT2D eigenvalue weighted by molar-refractivity contribution is 6.08. The number of benzene rings is 1. The van der Waals surface area contributed by atoms with Gasteiger partial charge >= 0.3 is 5.97 Å². The zero-order chi connectivity index (χ0) is 16.6. The van der Waals surface area contributed by atoms with Crippen LogP contribution in [0.5, 0.6) is 17.2 Å². The van der Waals surface area contributed by atoms with Gasteiger partial charge in [-0.3, -0.25) is 4.98 Å². The first-order chi connectivity index (χ1) is 11.1. The lowest BCUT2D eigenvalue weighted by Gasteiger charge is -2.16. The molecule has 0 amide bonds. The Labute approximate surface area is 132 Å². The second-order valence-electron chi connectivity index (χ2n) is 4.86. The number of aromatic nitrogens is 1. The molecule has 1 aromatic carbocycles. The van der Waals surface area contributed by atoms with Gasteiger partial charge in [0, 0.05) is 17.8 Å². The summed E-state index contributed by atoms with van der Waals surface area (Å²) in [5, 5.41) is 9.19. The topological polar surface area (TPSA) is 77.9 Å². The van der Waals surface area contributed by atoms with Crippen LogP contribution in [0.1, 0.15) is 11.1 Å². The quantitative estimate of drug-likeness (QED) is 0.746. The molecule has 1 aromatic heterocycles. The standard InChI is InChI=1S/C17H15NO5/c1-21-12-7-11-10(8-13(19)20)9-5-4-6-18-15(9)14(11)17(23-3)16(12)22-2/h4-8H,1-3H3,(H,19,20)/b10-8+. The molecule has 0 saturated carbocycles. The van der Waals surface area contributed by atoms with E-state index in [0.717, 1.165) is 11.6 Å². The molecule has 23 heavy (non-hydrogen) atoms. The van der Waals surface area contributed by atoms with Crippen LogP contribution in [-0.4, -0.2) is 37.4 Å². The van der Waals surface area contributed by atoms with Crippen LogP contribution in [-0.2, 0) is 4.79 Å². The monoisotopic (exact) mass is 313 g/mol. The maximum absolute atomic E-state index is 11.2.